The van der Waals surface area contributed by atoms with Crippen molar-refractivity contribution in [2.24, 2.45) is 5.73 Å². The van der Waals surface area contributed by atoms with Crippen LogP contribution in [0.25, 0.3) is 10.8 Å². The van der Waals surface area contributed by atoms with Gasteiger partial charge in [-0.15, -0.1) is 0 Å². The van der Waals surface area contributed by atoms with Gasteiger partial charge in [-0.1, -0.05) is 24.3 Å². The molecule has 19 heavy (non-hydrogen) atoms. The Hall–Kier alpha value is -1.10. The molecule has 0 spiro atoms. The van der Waals surface area contributed by atoms with Crippen LogP contribution in [-0.4, -0.2) is 41.0 Å². The second kappa shape index (κ2) is 5.90. The molecule has 0 radical (unpaired) electrons. The zero-order valence-corrected chi connectivity index (χ0v) is 11.8. The highest BCUT2D eigenvalue weighted by Gasteiger charge is 2.22. The van der Waals surface area contributed by atoms with Crippen molar-refractivity contribution in [1.82, 2.24) is 9.88 Å². The molecular weight excluding hydrogens is 254 g/mol. The number of hydrogen-bond acceptors (Lipinski definition) is 4. The lowest BCUT2D eigenvalue weighted by atomic mass is 10.0. The van der Waals surface area contributed by atoms with E-state index in [1.165, 1.54) is 27.8 Å². The number of nitrogens with two attached hydrogens (primary N) is 1. The van der Waals surface area contributed by atoms with Gasteiger partial charge in [-0.05, 0) is 10.9 Å². The molecule has 0 amide bonds. The third-order valence-corrected chi connectivity index (χ3v) is 4.71. The van der Waals surface area contributed by atoms with Crippen LogP contribution < -0.4 is 5.73 Å². The van der Waals surface area contributed by atoms with E-state index in [4.69, 9.17) is 5.73 Å². The van der Waals surface area contributed by atoms with Gasteiger partial charge in [0.25, 0.3) is 0 Å². The summed E-state index contributed by atoms with van der Waals surface area (Å²) in [4.78, 5) is 6.89. The van der Waals surface area contributed by atoms with Crippen LogP contribution in [0.15, 0.2) is 36.7 Å². The molecule has 2 aromatic rings. The molecule has 1 aliphatic rings. The van der Waals surface area contributed by atoms with Gasteiger partial charge in [-0.3, -0.25) is 9.88 Å². The highest BCUT2D eigenvalue weighted by Crippen LogP contribution is 2.28. The molecule has 0 aliphatic carbocycles. The van der Waals surface area contributed by atoms with Crippen LogP contribution in [-0.2, 0) is 0 Å². The number of nitrogens with zero attached hydrogens (tertiary/aromatic N) is 2. The molecule has 100 valence electrons. The molecule has 1 atom stereocenters. The fourth-order valence-electron chi connectivity index (χ4n) is 2.77. The molecule has 0 saturated carbocycles. The fourth-order valence-corrected chi connectivity index (χ4v) is 3.70. The number of fused-ring (bicyclic) bond motifs is 1. The van der Waals surface area contributed by atoms with Crippen molar-refractivity contribution in [3.05, 3.63) is 42.2 Å². The quantitative estimate of drug-likeness (QED) is 0.931. The van der Waals surface area contributed by atoms with Crippen LogP contribution in [0, 0.1) is 0 Å². The lowest BCUT2D eigenvalue weighted by molar-refractivity contribution is 0.224. The van der Waals surface area contributed by atoms with Crippen LogP contribution in [0.1, 0.15) is 11.6 Å². The Balaban J connectivity index is 2.00. The van der Waals surface area contributed by atoms with E-state index in [9.17, 15) is 0 Å². The molecule has 4 heteroatoms. The number of hydrogen-bond donors (Lipinski definition) is 1. The van der Waals surface area contributed by atoms with Gasteiger partial charge >= 0.3 is 0 Å². The second-order valence-electron chi connectivity index (χ2n) is 4.85. The van der Waals surface area contributed by atoms with Gasteiger partial charge in [-0.2, -0.15) is 11.8 Å². The summed E-state index contributed by atoms with van der Waals surface area (Å²) in [6.07, 6.45) is 3.92. The first kappa shape index (κ1) is 12.9. The molecule has 3 rings (SSSR count). The Morgan fingerprint density at radius 3 is 2.79 bits per heavy atom. The summed E-state index contributed by atoms with van der Waals surface area (Å²) in [5.41, 5.74) is 7.32. The Kier molecular flexibility index (Phi) is 4.01. The van der Waals surface area contributed by atoms with E-state index in [1.807, 2.05) is 24.2 Å². The summed E-state index contributed by atoms with van der Waals surface area (Å²) in [7, 11) is 0. The van der Waals surface area contributed by atoms with Gasteiger partial charge in [0, 0.05) is 55.0 Å². The van der Waals surface area contributed by atoms with Crippen molar-refractivity contribution in [2.75, 3.05) is 31.1 Å². The van der Waals surface area contributed by atoms with Crippen LogP contribution in [0.2, 0.25) is 0 Å². The van der Waals surface area contributed by atoms with Crippen molar-refractivity contribution in [3.63, 3.8) is 0 Å². The topological polar surface area (TPSA) is 42.1 Å². The Bertz CT molecular complexity index is 547. The van der Waals surface area contributed by atoms with Crippen molar-refractivity contribution in [1.29, 1.82) is 0 Å². The van der Waals surface area contributed by atoms with E-state index in [0.717, 1.165) is 13.1 Å². The van der Waals surface area contributed by atoms with Crippen molar-refractivity contribution in [3.8, 4) is 0 Å². The van der Waals surface area contributed by atoms with Gasteiger partial charge in [-0.25, -0.2) is 0 Å². The molecule has 1 aliphatic heterocycles. The summed E-state index contributed by atoms with van der Waals surface area (Å²) >= 11 is 2.03. The summed E-state index contributed by atoms with van der Waals surface area (Å²) in [6.45, 7) is 2.89. The predicted molar refractivity (Wildman–Crippen MR) is 82.4 cm³/mol. The molecule has 1 saturated heterocycles. The summed E-state index contributed by atoms with van der Waals surface area (Å²) < 4.78 is 0. The number of rotatable bonds is 3. The maximum Gasteiger partial charge on any atom is 0.0492 e. The lowest BCUT2D eigenvalue weighted by Gasteiger charge is -2.34. The average molecular weight is 273 g/mol. The van der Waals surface area contributed by atoms with E-state index < -0.39 is 0 Å². The third-order valence-electron chi connectivity index (χ3n) is 3.77. The number of aromatic nitrogens is 1. The van der Waals surface area contributed by atoms with E-state index in [2.05, 4.69) is 34.1 Å². The molecule has 1 aromatic carbocycles. The predicted octanol–water partition coefficient (Wildman–Crippen LogP) is 2.28. The van der Waals surface area contributed by atoms with E-state index >= 15 is 0 Å². The monoisotopic (exact) mass is 273 g/mol. The van der Waals surface area contributed by atoms with Crippen molar-refractivity contribution < 1.29 is 0 Å². The molecule has 2 heterocycles. The summed E-state index contributed by atoms with van der Waals surface area (Å²) in [5.74, 6) is 2.41. The van der Waals surface area contributed by atoms with Crippen molar-refractivity contribution in [2.45, 2.75) is 6.04 Å². The normalized spacial score (nSPS) is 18.6. The van der Waals surface area contributed by atoms with Crippen molar-refractivity contribution >= 4 is 22.5 Å². The highest BCUT2D eigenvalue weighted by molar-refractivity contribution is 7.99. The minimum Gasteiger partial charge on any atom is -0.329 e. The maximum absolute atomic E-state index is 6.05. The Morgan fingerprint density at radius 2 is 2.00 bits per heavy atom. The first-order chi connectivity index (χ1) is 9.40. The zero-order valence-electron chi connectivity index (χ0n) is 11.0. The van der Waals surface area contributed by atoms with Crippen LogP contribution >= 0.6 is 11.8 Å². The average Bonchev–Trinajstić information content (AvgIpc) is 2.49. The van der Waals surface area contributed by atoms with Crippen LogP contribution in [0.3, 0.4) is 0 Å². The molecule has 1 unspecified atom stereocenters. The molecule has 1 fully saturated rings. The van der Waals surface area contributed by atoms with E-state index in [-0.39, 0.29) is 0 Å². The molecule has 0 bridgehead atoms. The molecule has 3 nitrogen and oxygen atoms in total. The van der Waals surface area contributed by atoms with Gasteiger partial charge in [0.2, 0.25) is 0 Å². The second-order valence-corrected chi connectivity index (χ2v) is 6.07. The molecular formula is C15H19N3S. The third kappa shape index (κ3) is 2.61. The minimum absolute atomic E-state index is 0.291. The van der Waals surface area contributed by atoms with E-state index in [0.29, 0.717) is 12.6 Å². The smallest absolute Gasteiger partial charge is 0.0492 e. The zero-order chi connectivity index (χ0) is 13.1. The maximum atomic E-state index is 6.05. The fraction of sp³-hybridized carbons (Fsp3) is 0.400. The number of pyridine rings is 1. The van der Waals surface area contributed by atoms with E-state index in [1.54, 1.807) is 0 Å². The number of benzene rings is 1. The largest absolute Gasteiger partial charge is 0.329 e. The first-order valence-corrected chi connectivity index (χ1v) is 7.90. The summed E-state index contributed by atoms with van der Waals surface area (Å²) in [5, 5.41) is 2.48. The van der Waals surface area contributed by atoms with Gasteiger partial charge in [0.1, 0.15) is 0 Å². The Morgan fingerprint density at radius 1 is 1.21 bits per heavy atom. The van der Waals surface area contributed by atoms with Crippen LogP contribution in [0.4, 0.5) is 0 Å². The molecule has 2 N–H and O–H groups in total. The standard InChI is InChI=1S/C15H19N3S/c16-9-15(18-5-7-19-8-6-18)14-11-17-10-12-3-1-2-4-13(12)14/h1-4,10-11,15H,5-9,16H2. The van der Waals surface area contributed by atoms with Crippen LogP contribution in [0.5, 0.6) is 0 Å². The Labute approximate surface area is 118 Å². The minimum atomic E-state index is 0.291. The highest BCUT2D eigenvalue weighted by atomic mass is 32.2. The molecule has 1 aromatic heterocycles. The lowest BCUT2D eigenvalue weighted by Crippen LogP contribution is -2.39. The van der Waals surface area contributed by atoms with Gasteiger partial charge in [0.05, 0.1) is 0 Å². The van der Waals surface area contributed by atoms with Gasteiger partial charge in [0.15, 0.2) is 0 Å². The number of thioether (sulfide) groups is 1. The van der Waals surface area contributed by atoms with Gasteiger partial charge < -0.3 is 5.73 Å². The first-order valence-electron chi connectivity index (χ1n) is 6.74. The summed E-state index contributed by atoms with van der Waals surface area (Å²) in [6, 6.07) is 8.73. The SMILES string of the molecule is NCC(c1cncc2ccccc12)N1CCSCC1.